The molecule has 5 heteroatoms. The molecule has 1 heterocycles. The van der Waals surface area contributed by atoms with Crippen LogP contribution in [-0.4, -0.2) is 16.8 Å². The molecule has 2 N–H and O–H groups in total. The highest BCUT2D eigenvalue weighted by Crippen LogP contribution is 2.16. The molecule has 0 atom stereocenters. The van der Waals surface area contributed by atoms with Crippen LogP contribution in [0.2, 0.25) is 0 Å². The number of carbonyl (C=O) groups is 2. The first-order valence-electron chi connectivity index (χ1n) is 4.72. The molecule has 0 saturated heterocycles. The topological polar surface area (TPSA) is 86.2 Å². The van der Waals surface area contributed by atoms with Gasteiger partial charge in [-0.3, -0.25) is 9.59 Å². The molecule has 5 nitrogen and oxygen atoms in total. The van der Waals surface area contributed by atoms with Gasteiger partial charge >= 0.3 is 0 Å². The summed E-state index contributed by atoms with van der Waals surface area (Å²) in [5.41, 5.74) is 5.59. The van der Waals surface area contributed by atoms with Crippen LogP contribution in [-0.2, 0) is 0 Å². The van der Waals surface area contributed by atoms with Crippen molar-refractivity contribution in [2.24, 2.45) is 11.7 Å². The Morgan fingerprint density at radius 2 is 2.07 bits per heavy atom. The molecule has 1 amide bonds. The largest absolute Gasteiger partial charge is 0.365 e. The van der Waals surface area contributed by atoms with Crippen molar-refractivity contribution in [3.63, 3.8) is 0 Å². The standard InChI is InChI=1S/C10H14N2O3/c1-5(2)4-7(13)9-8(10(11)14)6(3)12-15-9/h5H,4H2,1-3H3,(H2,11,14). The predicted octanol–water partition coefficient (Wildman–Crippen LogP) is 1.31. The van der Waals surface area contributed by atoms with Gasteiger partial charge in [-0.05, 0) is 12.8 Å². The number of ketones is 1. The Bertz CT molecular complexity index is 393. The zero-order chi connectivity index (χ0) is 11.6. The number of nitrogens with two attached hydrogens (primary N) is 1. The lowest BCUT2D eigenvalue weighted by Crippen LogP contribution is -2.16. The van der Waals surface area contributed by atoms with Crippen LogP contribution < -0.4 is 5.73 Å². The molecule has 0 saturated carbocycles. The lowest BCUT2D eigenvalue weighted by atomic mass is 10.0. The summed E-state index contributed by atoms with van der Waals surface area (Å²) in [4.78, 5) is 22.7. The summed E-state index contributed by atoms with van der Waals surface area (Å²) in [5.74, 6) is -0.738. The molecule has 1 aromatic rings. The normalized spacial score (nSPS) is 10.7. The van der Waals surface area contributed by atoms with Gasteiger partial charge in [0.1, 0.15) is 5.56 Å². The van der Waals surface area contributed by atoms with Gasteiger partial charge in [-0.25, -0.2) is 0 Å². The molecular formula is C10H14N2O3. The third-order valence-electron chi connectivity index (χ3n) is 1.96. The van der Waals surface area contributed by atoms with E-state index in [1.54, 1.807) is 6.92 Å². The lowest BCUT2D eigenvalue weighted by Gasteiger charge is -2.01. The SMILES string of the molecule is Cc1noc(C(=O)CC(C)C)c1C(N)=O. The first-order valence-corrected chi connectivity index (χ1v) is 4.72. The quantitative estimate of drug-likeness (QED) is 0.759. The van der Waals surface area contributed by atoms with Gasteiger partial charge in [0.2, 0.25) is 11.5 Å². The van der Waals surface area contributed by atoms with Gasteiger partial charge in [0.25, 0.3) is 5.91 Å². The molecule has 0 aliphatic rings. The molecule has 0 bridgehead atoms. The molecule has 15 heavy (non-hydrogen) atoms. The van der Waals surface area contributed by atoms with Gasteiger partial charge in [0.05, 0.1) is 5.69 Å². The van der Waals surface area contributed by atoms with E-state index in [2.05, 4.69) is 5.16 Å². The Morgan fingerprint density at radius 3 is 2.53 bits per heavy atom. The molecule has 0 aliphatic heterocycles. The molecule has 0 radical (unpaired) electrons. The van der Waals surface area contributed by atoms with Gasteiger partial charge in [0, 0.05) is 6.42 Å². The Balaban J connectivity index is 3.04. The van der Waals surface area contributed by atoms with Crippen LogP contribution in [0.25, 0.3) is 0 Å². The van der Waals surface area contributed by atoms with E-state index in [0.717, 1.165) is 0 Å². The van der Waals surface area contributed by atoms with Crippen LogP contribution in [0.5, 0.6) is 0 Å². The summed E-state index contributed by atoms with van der Waals surface area (Å²) >= 11 is 0. The maximum absolute atomic E-state index is 11.7. The van der Waals surface area contributed by atoms with E-state index in [9.17, 15) is 9.59 Å². The van der Waals surface area contributed by atoms with E-state index in [-0.39, 0.29) is 23.0 Å². The summed E-state index contributed by atoms with van der Waals surface area (Å²) in [7, 11) is 0. The number of primary amides is 1. The monoisotopic (exact) mass is 210 g/mol. The summed E-state index contributed by atoms with van der Waals surface area (Å²) in [6.07, 6.45) is 0.314. The number of rotatable bonds is 4. The number of Topliss-reactive ketones (excluding diaryl/α,β-unsaturated/α-hetero) is 1. The van der Waals surface area contributed by atoms with Crippen LogP contribution in [0.15, 0.2) is 4.52 Å². The second-order valence-electron chi connectivity index (χ2n) is 3.86. The van der Waals surface area contributed by atoms with Crippen molar-refractivity contribution in [1.82, 2.24) is 5.16 Å². The zero-order valence-electron chi connectivity index (χ0n) is 9.03. The molecule has 0 unspecified atom stereocenters. The molecule has 0 aromatic carbocycles. The van der Waals surface area contributed by atoms with Gasteiger partial charge in [-0.1, -0.05) is 19.0 Å². The van der Waals surface area contributed by atoms with Gasteiger partial charge in [0.15, 0.2) is 0 Å². The van der Waals surface area contributed by atoms with Gasteiger partial charge < -0.3 is 10.3 Å². The first-order chi connectivity index (χ1) is 6.93. The highest BCUT2D eigenvalue weighted by molar-refractivity contribution is 6.06. The van der Waals surface area contributed by atoms with Gasteiger partial charge in [-0.2, -0.15) is 0 Å². The van der Waals surface area contributed by atoms with E-state index in [4.69, 9.17) is 10.3 Å². The molecule has 0 spiro atoms. The highest BCUT2D eigenvalue weighted by atomic mass is 16.5. The van der Waals surface area contributed by atoms with Crippen molar-refractivity contribution in [2.45, 2.75) is 27.2 Å². The highest BCUT2D eigenvalue weighted by Gasteiger charge is 2.24. The minimum absolute atomic E-state index is 0.0197. The van der Waals surface area contributed by atoms with E-state index in [1.165, 1.54) is 0 Å². The predicted molar refractivity (Wildman–Crippen MR) is 53.5 cm³/mol. The molecule has 0 aliphatic carbocycles. The molecule has 82 valence electrons. The van der Waals surface area contributed by atoms with Crippen molar-refractivity contribution >= 4 is 11.7 Å². The Kier molecular flexibility index (Phi) is 3.24. The maximum Gasteiger partial charge on any atom is 0.254 e. The summed E-state index contributed by atoms with van der Waals surface area (Å²) in [6.45, 7) is 5.39. The zero-order valence-corrected chi connectivity index (χ0v) is 9.03. The number of amides is 1. The Labute approximate surface area is 87.6 Å². The molecule has 1 rings (SSSR count). The number of hydrogen-bond donors (Lipinski definition) is 1. The third kappa shape index (κ3) is 2.43. The smallest absolute Gasteiger partial charge is 0.254 e. The van der Waals surface area contributed by atoms with E-state index in [0.29, 0.717) is 12.1 Å². The summed E-state index contributed by atoms with van der Waals surface area (Å²) < 4.78 is 4.82. The Hall–Kier alpha value is -1.65. The number of hydrogen-bond acceptors (Lipinski definition) is 4. The number of aryl methyl sites for hydroxylation is 1. The first kappa shape index (κ1) is 11.4. The number of nitrogens with zero attached hydrogens (tertiary/aromatic N) is 1. The summed E-state index contributed by atoms with van der Waals surface area (Å²) in [5, 5.41) is 3.57. The van der Waals surface area contributed by atoms with Crippen molar-refractivity contribution in [1.29, 1.82) is 0 Å². The van der Waals surface area contributed by atoms with Crippen LogP contribution in [0.3, 0.4) is 0 Å². The van der Waals surface area contributed by atoms with Crippen molar-refractivity contribution in [2.75, 3.05) is 0 Å². The van der Waals surface area contributed by atoms with Crippen LogP contribution in [0, 0.1) is 12.8 Å². The van der Waals surface area contributed by atoms with Crippen LogP contribution in [0.4, 0.5) is 0 Å². The fraction of sp³-hybridized carbons (Fsp3) is 0.500. The second-order valence-corrected chi connectivity index (χ2v) is 3.86. The van der Waals surface area contributed by atoms with Crippen molar-refractivity contribution < 1.29 is 14.1 Å². The van der Waals surface area contributed by atoms with Gasteiger partial charge in [-0.15, -0.1) is 0 Å². The van der Waals surface area contributed by atoms with Crippen LogP contribution in [0.1, 0.15) is 46.9 Å². The average Bonchev–Trinajstić information content (AvgIpc) is 2.45. The molecular weight excluding hydrogens is 196 g/mol. The van der Waals surface area contributed by atoms with E-state index >= 15 is 0 Å². The molecule has 1 aromatic heterocycles. The number of aromatic nitrogens is 1. The minimum atomic E-state index is -0.680. The summed E-state index contributed by atoms with van der Waals surface area (Å²) in [6, 6.07) is 0. The fourth-order valence-corrected chi connectivity index (χ4v) is 1.31. The number of carbonyl (C=O) groups excluding carboxylic acids is 2. The second kappa shape index (κ2) is 4.25. The van der Waals surface area contributed by atoms with Crippen molar-refractivity contribution in [3.8, 4) is 0 Å². The fourth-order valence-electron chi connectivity index (χ4n) is 1.31. The average molecular weight is 210 g/mol. The van der Waals surface area contributed by atoms with Crippen molar-refractivity contribution in [3.05, 3.63) is 17.0 Å². The van der Waals surface area contributed by atoms with E-state index < -0.39 is 5.91 Å². The lowest BCUT2D eigenvalue weighted by molar-refractivity contribution is 0.0915. The third-order valence-corrected chi connectivity index (χ3v) is 1.96. The molecule has 0 fully saturated rings. The van der Waals surface area contributed by atoms with E-state index in [1.807, 2.05) is 13.8 Å². The van der Waals surface area contributed by atoms with Crippen LogP contribution >= 0.6 is 0 Å². The maximum atomic E-state index is 11.7. The minimum Gasteiger partial charge on any atom is -0.365 e. The Morgan fingerprint density at radius 1 is 1.47 bits per heavy atom.